The van der Waals surface area contributed by atoms with E-state index in [0.29, 0.717) is 31.7 Å². The molecule has 2 fully saturated rings. The molecule has 3 heterocycles. The summed E-state index contributed by atoms with van der Waals surface area (Å²) in [6.45, 7) is 1.99. The highest BCUT2D eigenvalue weighted by atomic mass is 32.2. The van der Waals surface area contributed by atoms with Gasteiger partial charge in [0.15, 0.2) is 0 Å². The van der Waals surface area contributed by atoms with E-state index in [4.69, 9.17) is 5.73 Å². The van der Waals surface area contributed by atoms with Crippen LogP contribution < -0.4 is 5.73 Å². The maximum atomic E-state index is 12.3. The number of carbonyl (C=O) groups is 1. The molecule has 8 nitrogen and oxygen atoms in total. The molecule has 2 saturated heterocycles. The summed E-state index contributed by atoms with van der Waals surface area (Å²) >= 11 is 0. The fourth-order valence-electron chi connectivity index (χ4n) is 2.52. The minimum absolute atomic E-state index is 0.0273. The molecule has 0 aliphatic carbocycles. The first-order valence-electron chi connectivity index (χ1n) is 6.57. The summed E-state index contributed by atoms with van der Waals surface area (Å²) in [5.41, 5.74) is 5.50. The van der Waals surface area contributed by atoms with Crippen molar-refractivity contribution in [1.82, 2.24) is 18.4 Å². The van der Waals surface area contributed by atoms with Crippen LogP contribution in [0.15, 0.2) is 12.4 Å². The van der Waals surface area contributed by atoms with Gasteiger partial charge >= 0.3 is 0 Å². The normalized spacial score (nSPS) is 22.0. The summed E-state index contributed by atoms with van der Waals surface area (Å²) in [4.78, 5) is 11.0. The van der Waals surface area contributed by atoms with Gasteiger partial charge < -0.3 is 5.73 Å². The van der Waals surface area contributed by atoms with E-state index in [0.717, 1.165) is 12.8 Å². The second kappa shape index (κ2) is 4.83. The Labute approximate surface area is 117 Å². The fourth-order valence-corrected chi connectivity index (χ4v) is 4.29. The summed E-state index contributed by atoms with van der Waals surface area (Å²) in [7, 11) is -3.32. The van der Waals surface area contributed by atoms with E-state index in [-0.39, 0.29) is 6.04 Å². The molecule has 20 heavy (non-hydrogen) atoms. The Kier molecular flexibility index (Phi) is 3.27. The molecule has 0 unspecified atom stereocenters. The van der Waals surface area contributed by atoms with E-state index >= 15 is 0 Å². The quantitative estimate of drug-likeness (QED) is 0.784. The lowest BCUT2D eigenvalue weighted by atomic mass is 10.2. The molecular formula is C11H17N5O3S. The lowest BCUT2D eigenvalue weighted by Gasteiger charge is -2.39. The second-order valence-corrected chi connectivity index (χ2v) is 7.09. The van der Waals surface area contributed by atoms with Crippen LogP contribution >= 0.6 is 0 Å². The first-order chi connectivity index (χ1) is 9.48. The third-order valence-corrected chi connectivity index (χ3v) is 5.77. The third kappa shape index (κ3) is 2.21. The monoisotopic (exact) mass is 299 g/mol. The Morgan fingerprint density at radius 2 is 1.90 bits per heavy atom. The van der Waals surface area contributed by atoms with Crippen molar-refractivity contribution in [3.05, 3.63) is 18.0 Å². The Bertz CT molecular complexity index is 614. The van der Waals surface area contributed by atoms with Gasteiger partial charge in [-0.3, -0.25) is 9.48 Å². The molecule has 9 heteroatoms. The molecular weight excluding hydrogens is 282 g/mol. The average Bonchev–Trinajstić information content (AvgIpc) is 2.97. The Balaban J connectivity index is 1.64. The summed E-state index contributed by atoms with van der Waals surface area (Å²) in [5.74, 6) is -0.530. The van der Waals surface area contributed by atoms with Gasteiger partial charge in [-0.1, -0.05) is 0 Å². The van der Waals surface area contributed by atoms with Crippen LogP contribution in [-0.4, -0.2) is 58.9 Å². The average molecular weight is 299 g/mol. The van der Waals surface area contributed by atoms with E-state index in [2.05, 4.69) is 5.10 Å². The first-order valence-corrected chi connectivity index (χ1v) is 7.97. The van der Waals surface area contributed by atoms with Gasteiger partial charge in [-0.05, 0) is 12.8 Å². The van der Waals surface area contributed by atoms with Gasteiger partial charge in [0.25, 0.3) is 16.1 Å². The number of rotatable bonds is 4. The van der Waals surface area contributed by atoms with Crippen molar-refractivity contribution in [3.8, 4) is 0 Å². The van der Waals surface area contributed by atoms with Crippen LogP contribution in [0.25, 0.3) is 0 Å². The fraction of sp³-hybridized carbons (Fsp3) is 0.636. The molecule has 1 amide bonds. The van der Waals surface area contributed by atoms with Crippen LogP contribution in [0, 0.1) is 0 Å². The summed E-state index contributed by atoms with van der Waals surface area (Å²) in [5, 5.41) is 4.05. The molecule has 2 N–H and O–H groups in total. The minimum atomic E-state index is -3.32. The van der Waals surface area contributed by atoms with Crippen molar-refractivity contribution in [1.29, 1.82) is 0 Å². The van der Waals surface area contributed by atoms with Crippen LogP contribution in [0.1, 0.15) is 29.2 Å². The van der Waals surface area contributed by atoms with E-state index in [1.54, 1.807) is 10.9 Å². The molecule has 0 spiro atoms. The van der Waals surface area contributed by atoms with E-state index in [1.807, 2.05) is 0 Å². The first kappa shape index (κ1) is 13.5. The number of nitrogens with zero attached hydrogens (tertiary/aromatic N) is 4. The summed E-state index contributed by atoms with van der Waals surface area (Å²) in [6, 6.07) is -0.0273. The number of aromatic nitrogens is 2. The van der Waals surface area contributed by atoms with Gasteiger partial charge in [-0.15, -0.1) is 0 Å². The highest BCUT2D eigenvalue weighted by Gasteiger charge is 2.41. The molecule has 110 valence electrons. The van der Waals surface area contributed by atoms with Crippen LogP contribution in [0.4, 0.5) is 0 Å². The van der Waals surface area contributed by atoms with Crippen molar-refractivity contribution in [3.63, 3.8) is 0 Å². The van der Waals surface area contributed by atoms with Crippen LogP contribution in [0.2, 0.25) is 0 Å². The maximum Gasteiger partial charge on any atom is 0.282 e. The zero-order valence-electron chi connectivity index (χ0n) is 11.0. The van der Waals surface area contributed by atoms with Crippen molar-refractivity contribution in [2.45, 2.75) is 18.9 Å². The SMILES string of the molecule is NC(=O)c1cnn(C2CN(S(=O)(=O)N3CCCC3)C2)c1. The van der Waals surface area contributed by atoms with Crippen LogP contribution in [-0.2, 0) is 10.2 Å². The zero-order chi connectivity index (χ0) is 14.3. The lowest BCUT2D eigenvalue weighted by molar-refractivity contribution is 0.0999. The van der Waals surface area contributed by atoms with Crippen molar-refractivity contribution in [2.24, 2.45) is 5.73 Å². The molecule has 0 saturated carbocycles. The van der Waals surface area contributed by atoms with E-state index in [9.17, 15) is 13.2 Å². The Morgan fingerprint density at radius 3 is 2.45 bits per heavy atom. The lowest BCUT2D eigenvalue weighted by Crippen LogP contribution is -2.55. The predicted octanol–water partition coefficient (Wildman–Crippen LogP) is -0.821. The largest absolute Gasteiger partial charge is 0.366 e. The van der Waals surface area contributed by atoms with Crippen molar-refractivity contribution >= 4 is 16.1 Å². The van der Waals surface area contributed by atoms with Gasteiger partial charge in [0, 0.05) is 32.4 Å². The van der Waals surface area contributed by atoms with Crippen LogP contribution in [0.3, 0.4) is 0 Å². The summed E-state index contributed by atoms with van der Waals surface area (Å²) in [6.07, 6.45) is 4.82. The maximum absolute atomic E-state index is 12.3. The van der Waals surface area contributed by atoms with Gasteiger partial charge in [0.2, 0.25) is 0 Å². The predicted molar refractivity (Wildman–Crippen MR) is 71.1 cm³/mol. The molecule has 0 aromatic carbocycles. The number of hydrogen-bond acceptors (Lipinski definition) is 4. The number of amides is 1. The smallest absolute Gasteiger partial charge is 0.282 e. The number of primary amides is 1. The molecule has 2 aliphatic rings. The van der Waals surface area contributed by atoms with Crippen molar-refractivity contribution < 1.29 is 13.2 Å². The van der Waals surface area contributed by atoms with Crippen LogP contribution in [0.5, 0.6) is 0 Å². The molecule has 2 aliphatic heterocycles. The third-order valence-electron chi connectivity index (χ3n) is 3.81. The molecule has 0 radical (unpaired) electrons. The van der Waals surface area contributed by atoms with E-state index < -0.39 is 16.1 Å². The van der Waals surface area contributed by atoms with Gasteiger partial charge in [-0.2, -0.15) is 22.1 Å². The number of nitrogens with two attached hydrogens (primary N) is 1. The Morgan fingerprint density at radius 1 is 1.25 bits per heavy atom. The van der Waals surface area contributed by atoms with Gasteiger partial charge in [0.05, 0.1) is 17.8 Å². The van der Waals surface area contributed by atoms with Crippen molar-refractivity contribution in [2.75, 3.05) is 26.2 Å². The standard InChI is InChI=1S/C11H17N5O3S/c12-11(17)9-5-13-16(6-9)10-7-15(8-10)20(18,19)14-3-1-2-4-14/h5-6,10H,1-4,7-8H2,(H2,12,17). The van der Waals surface area contributed by atoms with Gasteiger partial charge in [-0.25, -0.2) is 0 Å². The van der Waals surface area contributed by atoms with Gasteiger partial charge in [0.1, 0.15) is 0 Å². The topological polar surface area (TPSA) is 102 Å². The molecule has 3 rings (SSSR count). The molecule has 1 aromatic heterocycles. The Hall–Kier alpha value is -1.45. The number of hydrogen-bond donors (Lipinski definition) is 1. The van der Waals surface area contributed by atoms with E-state index in [1.165, 1.54) is 14.8 Å². The molecule has 0 bridgehead atoms. The highest BCUT2D eigenvalue weighted by Crippen LogP contribution is 2.27. The molecule has 1 aromatic rings. The zero-order valence-corrected chi connectivity index (χ0v) is 11.8. The second-order valence-electron chi connectivity index (χ2n) is 5.16. The highest BCUT2D eigenvalue weighted by molar-refractivity contribution is 7.86. The summed E-state index contributed by atoms with van der Waals surface area (Å²) < 4.78 is 29.1. The number of carbonyl (C=O) groups excluding carboxylic acids is 1. The minimum Gasteiger partial charge on any atom is -0.366 e. The molecule has 0 atom stereocenters.